The first-order chi connectivity index (χ1) is 7.85. The molecule has 16 heavy (non-hydrogen) atoms. The molecule has 3 heteroatoms. The Morgan fingerprint density at radius 1 is 1.12 bits per heavy atom. The molecule has 0 amide bonds. The molecule has 0 spiro atoms. The van der Waals surface area contributed by atoms with Gasteiger partial charge < -0.3 is 15.0 Å². The van der Waals surface area contributed by atoms with Gasteiger partial charge in [0.1, 0.15) is 0 Å². The quantitative estimate of drug-likeness (QED) is 0.822. The Labute approximate surface area is 96.4 Å². The van der Waals surface area contributed by atoms with Gasteiger partial charge in [0.05, 0.1) is 12.2 Å². The summed E-state index contributed by atoms with van der Waals surface area (Å²) in [5.41, 5.74) is 2.49. The Morgan fingerprint density at radius 3 is 2.31 bits per heavy atom. The number of hydrogen-bond acceptors (Lipinski definition) is 3. The normalized spacial score (nSPS) is 28.2. The average molecular weight is 218 g/mol. The first-order valence-corrected chi connectivity index (χ1v) is 6.03. The van der Waals surface area contributed by atoms with E-state index in [-0.39, 0.29) is 0 Å². The first kappa shape index (κ1) is 9.97. The number of morpholine rings is 1. The standard InChI is InChI=1S/C13H18N2O/c1-14-10-2-4-11(5-3-10)15-8-12-6-7-13(9-15)16-12/h2-5,12-14H,6-9H2,1H3. The topological polar surface area (TPSA) is 24.5 Å². The van der Waals surface area contributed by atoms with Crippen LogP contribution in [0.3, 0.4) is 0 Å². The SMILES string of the molecule is CNc1ccc(N2CC3CCC(C2)O3)cc1. The highest BCUT2D eigenvalue weighted by Crippen LogP contribution is 2.29. The lowest BCUT2D eigenvalue weighted by molar-refractivity contribution is 0.0305. The van der Waals surface area contributed by atoms with E-state index in [1.807, 2.05) is 7.05 Å². The summed E-state index contributed by atoms with van der Waals surface area (Å²) in [6.45, 7) is 2.10. The van der Waals surface area contributed by atoms with Gasteiger partial charge in [-0.3, -0.25) is 0 Å². The van der Waals surface area contributed by atoms with Crippen molar-refractivity contribution in [2.75, 3.05) is 30.4 Å². The van der Waals surface area contributed by atoms with Gasteiger partial charge >= 0.3 is 0 Å². The van der Waals surface area contributed by atoms with E-state index in [4.69, 9.17) is 4.74 Å². The van der Waals surface area contributed by atoms with Crippen LogP contribution in [0.5, 0.6) is 0 Å². The third-order valence-electron chi connectivity index (χ3n) is 3.56. The molecule has 86 valence electrons. The fourth-order valence-electron chi connectivity index (χ4n) is 2.66. The van der Waals surface area contributed by atoms with Crippen molar-refractivity contribution < 1.29 is 4.74 Å². The Morgan fingerprint density at radius 2 is 1.75 bits per heavy atom. The molecule has 3 nitrogen and oxygen atoms in total. The maximum atomic E-state index is 5.84. The Hall–Kier alpha value is -1.22. The van der Waals surface area contributed by atoms with Crippen LogP contribution >= 0.6 is 0 Å². The van der Waals surface area contributed by atoms with Gasteiger partial charge in [-0.05, 0) is 37.1 Å². The molecule has 2 unspecified atom stereocenters. The van der Waals surface area contributed by atoms with Crippen molar-refractivity contribution in [3.05, 3.63) is 24.3 Å². The fourth-order valence-corrected chi connectivity index (χ4v) is 2.66. The Kier molecular flexibility index (Phi) is 2.48. The van der Waals surface area contributed by atoms with Crippen LogP contribution in [0.4, 0.5) is 11.4 Å². The van der Waals surface area contributed by atoms with Crippen LogP contribution in [-0.4, -0.2) is 32.3 Å². The predicted octanol–water partition coefficient (Wildman–Crippen LogP) is 2.10. The van der Waals surface area contributed by atoms with Crippen LogP contribution in [0.15, 0.2) is 24.3 Å². The predicted molar refractivity (Wildman–Crippen MR) is 66.1 cm³/mol. The van der Waals surface area contributed by atoms with E-state index in [1.54, 1.807) is 0 Å². The van der Waals surface area contributed by atoms with E-state index in [0.717, 1.165) is 13.1 Å². The van der Waals surface area contributed by atoms with Crippen molar-refractivity contribution in [3.63, 3.8) is 0 Å². The lowest BCUT2D eigenvalue weighted by Gasteiger charge is -2.33. The monoisotopic (exact) mass is 218 g/mol. The summed E-state index contributed by atoms with van der Waals surface area (Å²) in [5, 5.41) is 3.14. The zero-order chi connectivity index (χ0) is 11.0. The number of nitrogens with zero attached hydrogens (tertiary/aromatic N) is 1. The second kappa shape index (κ2) is 3.98. The van der Waals surface area contributed by atoms with E-state index in [0.29, 0.717) is 12.2 Å². The summed E-state index contributed by atoms with van der Waals surface area (Å²) >= 11 is 0. The van der Waals surface area contributed by atoms with Crippen LogP contribution in [0.2, 0.25) is 0 Å². The smallest absolute Gasteiger partial charge is 0.0755 e. The summed E-state index contributed by atoms with van der Waals surface area (Å²) in [7, 11) is 1.95. The molecule has 2 aliphatic heterocycles. The van der Waals surface area contributed by atoms with Crippen molar-refractivity contribution in [2.24, 2.45) is 0 Å². The lowest BCUT2D eigenvalue weighted by atomic mass is 10.2. The molecule has 2 heterocycles. The van der Waals surface area contributed by atoms with Crippen molar-refractivity contribution >= 4 is 11.4 Å². The minimum atomic E-state index is 0.461. The van der Waals surface area contributed by atoms with E-state index in [2.05, 4.69) is 34.5 Å². The lowest BCUT2D eigenvalue weighted by Crippen LogP contribution is -2.42. The van der Waals surface area contributed by atoms with Crippen LogP contribution in [0.1, 0.15) is 12.8 Å². The second-order valence-corrected chi connectivity index (χ2v) is 4.66. The fraction of sp³-hybridized carbons (Fsp3) is 0.538. The van der Waals surface area contributed by atoms with Gasteiger partial charge in [0.25, 0.3) is 0 Å². The summed E-state index contributed by atoms with van der Waals surface area (Å²) < 4.78 is 5.84. The largest absolute Gasteiger partial charge is 0.388 e. The zero-order valence-electron chi connectivity index (χ0n) is 9.65. The van der Waals surface area contributed by atoms with Gasteiger partial charge in [-0.25, -0.2) is 0 Å². The van der Waals surface area contributed by atoms with Crippen LogP contribution in [0.25, 0.3) is 0 Å². The Bertz CT molecular complexity index is 351. The highest BCUT2D eigenvalue weighted by atomic mass is 16.5. The molecule has 2 saturated heterocycles. The van der Waals surface area contributed by atoms with E-state index in [9.17, 15) is 0 Å². The number of hydrogen-bond donors (Lipinski definition) is 1. The minimum absolute atomic E-state index is 0.461. The summed E-state index contributed by atoms with van der Waals surface area (Å²) in [6, 6.07) is 8.65. The van der Waals surface area contributed by atoms with Crippen molar-refractivity contribution in [2.45, 2.75) is 25.0 Å². The molecule has 1 N–H and O–H groups in total. The molecule has 1 aromatic carbocycles. The van der Waals surface area contributed by atoms with Gasteiger partial charge in [-0.15, -0.1) is 0 Å². The number of anilines is 2. The summed E-state index contributed by atoms with van der Waals surface area (Å²) in [5.74, 6) is 0. The highest BCUT2D eigenvalue weighted by molar-refractivity contribution is 5.55. The second-order valence-electron chi connectivity index (χ2n) is 4.66. The van der Waals surface area contributed by atoms with Gasteiger partial charge in [0.2, 0.25) is 0 Å². The number of ether oxygens (including phenoxy) is 1. The number of benzene rings is 1. The molecule has 0 radical (unpaired) electrons. The average Bonchev–Trinajstić information content (AvgIpc) is 2.68. The number of nitrogens with one attached hydrogen (secondary N) is 1. The number of rotatable bonds is 2. The van der Waals surface area contributed by atoms with Gasteiger partial charge in [0.15, 0.2) is 0 Å². The Balaban J connectivity index is 1.76. The summed E-state index contributed by atoms with van der Waals surface area (Å²) in [4.78, 5) is 2.45. The maximum Gasteiger partial charge on any atom is 0.0755 e. The molecular weight excluding hydrogens is 200 g/mol. The van der Waals surface area contributed by atoms with Gasteiger partial charge in [0, 0.05) is 31.5 Å². The first-order valence-electron chi connectivity index (χ1n) is 6.03. The molecule has 2 fully saturated rings. The third-order valence-corrected chi connectivity index (χ3v) is 3.56. The molecule has 0 aliphatic carbocycles. The van der Waals surface area contributed by atoms with Crippen molar-refractivity contribution in [3.8, 4) is 0 Å². The molecule has 2 bridgehead atoms. The zero-order valence-corrected chi connectivity index (χ0v) is 9.65. The molecule has 2 aliphatic rings. The third kappa shape index (κ3) is 1.76. The molecule has 2 atom stereocenters. The maximum absolute atomic E-state index is 5.84. The van der Waals surface area contributed by atoms with Crippen molar-refractivity contribution in [1.82, 2.24) is 0 Å². The molecule has 3 rings (SSSR count). The van der Waals surface area contributed by atoms with E-state index in [1.165, 1.54) is 24.2 Å². The minimum Gasteiger partial charge on any atom is -0.388 e. The van der Waals surface area contributed by atoms with E-state index < -0.39 is 0 Å². The molecule has 0 saturated carbocycles. The van der Waals surface area contributed by atoms with Crippen LogP contribution in [0, 0.1) is 0 Å². The van der Waals surface area contributed by atoms with E-state index >= 15 is 0 Å². The molecule has 1 aromatic rings. The van der Waals surface area contributed by atoms with Crippen LogP contribution in [-0.2, 0) is 4.74 Å². The number of fused-ring (bicyclic) bond motifs is 2. The molecule has 0 aromatic heterocycles. The summed E-state index contributed by atoms with van der Waals surface area (Å²) in [6.07, 6.45) is 3.39. The van der Waals surface area contributed by atoms with Crippen molar-refractivity contribution in [1.29, 1.82) is 0 Å². The van der Waals surface area contributed by atoms with Gasteiger partial charge in [-0.1, -0.05) is 0 Å². The molecular formula is C13H18N2O. The highest BCUT2D eigenvalue weighted by Gasteiger charge is 2.33. The van der Waals surface area contributed by atoms with Gasteiger partial charge in [-0.2, -0.15) is 0 Å². The van der Waals surface area contributed by atoms with Crippen LogP contribution < -0.4 is 10.2 Å².